The van der Waals surface area contributed by atoms with Gasteiger partial charge in [-0.1, -0.05) is 6.07 Å². The SMILES string of the molecule is O=C1CCC(c2ccc3c(c2CNCc2ccco2)C(=O)NC3=O)C(=O)N1. The van der Waals surface area contributed by atoms with Crippen LogP contribution in [0.1, 0.15) is 56.4 Å². The molecular formula is C19H17N3O5. The van der Waals surface area contributed by atoms with E-state index in [1.54, 1.807) is 24.5 Å². The fourth-order valence-electron chi connectivity index (χ4n) is 3.58. The fraction of sp³-hybridized carbons (Fsp3) is 0.263. The van der Waals surface area contributed by atoms with E-state index in [-0.39, 0.29) is 30.3 Å². The molecule has 8 nitrogen and oxygen atoms in total. The molecule has 138 valence electrons. The van der Waals surface area contributed by atoms with Crippen molar-refractivity contribution in [3.05, 3.63) is 58.5 Å². The quantitative estimate of drug-likeness (QED) is 0.678. The first-order valence-corrected chi connectivity index (χ1v) is 8.63. The number of carbonyl (C=O) groups excluding carboxylic acids is 4. The summed E-state index contributed by atoms with van der Waals surface area (Å²) in [6.07, 6.45) is 2.17. The lowest BCUT2D eigenvalue weighted by Crippen LogP contribution is -2.40. The Morgan fingerprint density at radius 1 is 1.04 bits per heavy atom. The van der Waals surface area contributed by atoms with Crippen LogP contribution in [0.5, 0.6) is 0 Å². The molecule has 0 saturated carbocycles. The highest BCUT2D eigenvalue weighted by atomic mass is 16.3. The van der Waals surface area contributed by atoms with Gasteiger partial charge in [-0.3, -0.25) is 29.8 Å². The van der Waals surface area contributed by atoms with Gasteiger partial charge >= 0.3 is 0 Å². The molecule has 1 aromatic heterocycles. The number of piperidine rings is 1. The average Bonchev–Trinajstić information content (AvgIpc) is 3.24. The van der Waals surface area contributed by atoms with Crippen LogP contribution in [0, 0.1) is 0 Å². The third-order valence-corrected chi connectivity index (χ3v) is 4.84. The van der Waals surface area contributed by atoms with E-state index in [4.69, 9.17) is 4.42 Å². The molecule has 1 unspecified atom stereocenters. The van der Waals surface area contributed by atoms with E-state index in [0.717, 1.165) is 5.76 Å². The second kappa shape index (κ2) is 6.81. The van der Waals surface area contributed by atoms with Gasteiger partial charge in [0.05, 0.1) is 29.9 Å². The van der Waals surface area contributed by atoms with E-state index in [2.05, 4.69) is 16.0 Å². The number of amides is 4. The molecule has 4 amide bonds. The Bertz CT molecular complexity index is 949. The minimum atomic E-state index is -0.545. The van der Waals surface area contributed by atoms with E-state index in [1.165, 1.54) is 0 Å². The molecule has 8 heteroatoms. The molecule has 27 heavy (non-hydrogen) atoms. The Kier molecular flexibility index (Phi) is 4.33. The summed E-state index contributed by atoms with van der Waals surface area (Å²) in [5.74, 6) is -1.43. The Balaban J connectivity index is 1.69. The zero-order chi connectivity index (χ0) is 19.0. The number of furan rings is 1. The lowest BCUT2D eigenvalue weighted by molar-refractivity contribution is -0.134. The molecule has 2 aliphatic rings. The molecule has 3 N–H and O–H groups in total. The highest BCUT2D eigenvalue weighted by Gasteiger charge is 2.35. The van der Waals surface area contributed by atoms with Gasteiger partial charge in [0.1, 0.15) is 5.76 Å². The lowest BCUT2D eigenvalue weighted by Gasteiger charge is -2.24. The Labute approximate surface area is 154 Å². The molecule has 1 saturated heterocycles. The van der Waals surface area contributed by atoms with Gasteiger partial charge in [-0.2, -0.15) is 0 Å². The number of fused-ring (bicyclic) bond motifs is 1. The van der Waals surface area contributed by atoms with Gasteiger partial charge < -0.3 is 9.73 Å². The van der Waals surface area contributed by atoms with Gasteiger partial charge in [0.2, 0.25) is 11.8 Å². The van der Waals surface area contributed by atoms with E-state index in [1.807, 2.05) is 6.07 Å². The minimum Gasteiger partial charge on any atom is -0.468 e. The molecule has 0 spiro atoms. The maximum absolute atomic E-state index is 12.3. The summed E-state index contributed by atoms with van der Waals surface area (Å²) in [6.45, 7) is 0.707. The topological polar surface area (TPSA) is 118 Å². The van der Waals surface area contributed by atoms with Crippen LogP contribution in [0.4, 0.5) is 0 Å². The molecule has 1 atom stereocenters. The standard InChI is InChI=1S/C19H17N3O5/c23-15-6-5-12(17(24)21-15)11-3-4-13-16(19(26)22-18(13)25)14(11)9-20-8-10-2-1-7-27-10/h1-4,7,12,20H,5-6,8-9H2,(H,21,23,24)(H,22,25,26). The van der Waals surface area contributed by atoms with Crippen LogP contribution in [0.3, 0.4) is 0 Å². The maximum atomic E-state index is 12.3. The van der Waals surface area contributed by atoms with Crippen molar-refractivity contribution in [3.63, 3.8) is 0 Å². The highest BCUT2D eigenvalue weighted by molar-refractivity contribution is 6.22. The summed E-state index contributed by atoms with van der Waals surface area (Å²) in [5.41, 5.74) is 1.83. The predicted molar refractivity (Wildman–Crippen MR) is 92.6 cm³/mol. The van der Waals surface area contributed by atoms with Crippen molar-refractivity contribution in [3.8, 4) is 0 Å². The van der Waals surface area contributed by atoms with Gasteiger partial charge in [-0.05, 0) is 35.7 Å². The maximum Gasteiger partial charge on any atom is 0.259 e. The predicted octanol–water partition coefficient (Wildman–Crippen LogP) is 0.973. The first-order chi connectivity index (χ1) is 13.0. The van der Waals surface area contributed by atoms with Crippen LogP contribution in [0.25, 0.3) is 0 Å². The number of hydrogen-bond acceptors (Lipinski definition) is 6. The monoisotopic (exact) mass is 367 g/mol. The van der Waals surface area contributed by atoms with E-state index >= 15 is 0 Å². The molecule has 0 radical (unpaired) electrons. The summed E-state index contributed by atoms with van der Waals surface area (Å²) in [5, 5.41) is 7.83. The Morgan fingerprint density at radius 2 is 1.89 bits per heavy atom. The zero-order valence-corrected chi connectivity index (χ0v) is 14.3. The van der Waals surface area contributed by atoms with Gasteiger partial charge in [0, 0.05) is 13.0 Å². The summed E-state index contributed by atoms with van der Waals surface area (Å²) in [4.78, 5) is 48.1. The van der Waals surface area contributed by atoms with Crippen LogP contribution < -0.4 is 16.0 Å². The normalized spacial score (nSPS) is 19.0. The van der Waals surface area contributed by atoms with Crippen LogP contribution in [-0.2, 0) is 22.7 Å². The highest BCUT2D eigenvalue weighted by Crippen LogP contribution is 2.32. The molecule has 0 bridgehead atoms. The minimum absolute atomic E-state index is 0.234. The number of carbonyl (C=O) groups is 4. The van der Waals surface area contributed by atoms with Crippen molar-refractivity contribution >= 4 is 23.6 Å². The van der Waals surface area contributed by atoms with Crippen molar-refractivity contribution in [2.75, 3.05) is 0 Å². The fourth-order valence-corrected chi connectivity index (χ4v) is 3.58. The van der Waals surface area contributed by atoms with Gasteiger partial charge in [0.15, 0.2) is 0 Å². The van der Waals surface area contributed by atoms with Crippen LogP contribution in [0.2, 0.25) is 0 Å². The molecule has 2 aromatic rings. The summed E-state index contributed by atoms with van der Waals surface area (Å²) >= 11 is 0. The van der Waals surface area contributed by atoms with Crippen LogP contribution in [0.15, 0.2) is 34.9 Å². The smallest absolute Gasteiger partial charge is 0.259 e. The molecule has 1 aromatic carbocycles. The van der Waals surface area contributed by atoms with Crippen LogP contribution >= 0.6 is 0 Å². The van der Waals surface area contributed by atoms with Gasteiger partial charge in [0.25, 0.3) is 11.8 Å². The second-order valence-electron chi connectivity index (χ2n) is 6.53. The van der Waals surface area contributed by atoms with E-state index < -0.39 is 17.7 Å². The van der Waals surface area contributed by atoms with Crippen molar-refractivity contribution < 1.29 is 23.6 Å². The van der Waals surface area contributed by atoms with Crippen molar-refractivity contribution in [1.29, 1.82) is 0 Å². The first-order valence-electron chi connectivity index (χ1n) is 8.63. The van der Waals surface area contributed by atoms with Gasteiger partial charge in [-0.25, -0.2) is 0 Å². The Morgan fingerprint density at radius 3 is 2.63 bits per heavy atom. The molecule has 2 aliphatic heterocycles. The molecular weight excluding hydrogens is 350 g/mol. The number of imide groups is 2. The lowest BCUT2D eigenvalue weighted by atomic mass is 9.84. The Hall–Kier alpha value is -3.26. The van der Waals surface area contributed by atoms with Crippen molar-refractivity contribution in [2.24, 2.45) is 0 Å². The third-order valence-electron chi connectivity index (χ3n) is 4.84. The summed E-state index contributed by atoms with van der Waals surface area (Å²) in [7, 11) is 0. The van der Waals surface area contributed by atoms with Crippen LogP contribution in [-0.4, -0.2) is 23.6 Å². The number of rotatable bonds is 5. The van der Waals surface area contributed by atoms with E-state index in [9.17, 15) is 19.2 Å². The van der Waals surface area contributed by atoms with Gasteiger partial charge in [-0.15, -0.1) is 0 Å². The third kappa shape index (κ3) is 3.15. The van der Waals surface area contributed by atoms with Crippen molar-refractivity contribution in [1.82, 2.24) is 16.0 Å². The molecule has 4 rings (SSSR count). The second-order valence-corrected chi connectivity index (χ2v) is 6.53. The number of nitrogens with one attached hydrogen (secondary N) is 3. The molecule has 0 aliphatic carbocycles. The number of benzene rings is 1. The first kappa shape index (κ1) is 17.2. The van der Waals surface area contributed by atoms with E-state index in [0.29, 0.717) is 29.7 Å². The largest absolute Gasteiger partial charge is 0.468 e. The molecule has 3 heterocycles. The summed E-state index contributed by atoms with van der Waals surface area (Å²) < 4.78 is 5.28. The number of hydrogen-bond donors (Lipinski definition) is 3. The summed E-state index contributed by atoms with van der Waals surface area (Å²) in [6, 6.07) is 6.85. The van der Waals surface area contributed by atoms with Crippen molar-refractivity contribution in [2.45, 2.75) is 31.8 Å². The molecule has 1 fully saturated rings. The zero-order valence-electron chi connectivity index (χ0n) is 14.3. The average molecular weight is 367 g/mol.